The first-order valence-electron chi connectivity index (χ1n) is 6.48. The van der Waals surface area contributed by atoms with E-state index >= 15 is 0 Å². The number of nitrogens with one attached hydrogen (secondary N) is 1. The predicted molar refractivity (Wildman–Crippen MR) is 82.7 cm³/mol. The number of carbonyl (C=O) groups is 1. The van der Waals surface area contributed by atoms with Gasteiger partial charge in [0.1, 0.15) is 18.5 Å². The first-order chi connectivity index (χ1) is 10.0. The molecule has 0 fully saturated rings. The molecule has 0 radical (unpaired) electrons. The zero-order valence-electron chi connectivity index (χ0n) is 11.5. The van der Waals surface area contributed by atoms with E-state index in [-0.39, 0.29) is 12.5 Å². The quantitative estimate of drug-likeness (QED) is 0.890. The third-order valence-electron chi connectivity index (χ3n) is 2.80. The molecule has 0 spiro atoms. The van der Waals surface area contributed by atoms with E-state index in [4.69, 9.17) is 16.3 Å². The Morgan fingerprint density at radius 1 is 1.29 bits per heavy atom. The van der Waals surface area contributed by atoms with Crippen LogP contribution in [0.1, 0.15) is 18.6 Å². The lowest BCUT2D eigenvalue weighted by Crippen LogP contribution is -2.10. The molecule has 0 bridgehead atoms. The van der Waals surface area contributed by atoms with Gasteiger partial charge in [0.25, 0.3) is 0 Å². The Morgan fingerprint density at radius 2 is 2.05 bits per heavy atom. The summed E-state index contributed by atoms with van der Waals surface area (Å²) in [5.41, 5.74) is 1.35. The lowest BCUT2D eigenvalue weighted by atomic mass is 10.1. The highest BCUT2D eigenvalue weighted by Gasteiger charge is 2.09. The number of hydrogen-bond donors (Lipinski definition) is 2. The van der Waals surface area contributed by atoms with Crippen molar-refractivity contribution in [3.63, 3.8) is 0 Å². The smallest absolute Gasteiger partial charge is 0.221 e. The molecule has 0 saturated carbocycles. The van der Waals surface area contributed by atoms with Gasteiger partial charge in [0, 0.05) is 23.7 Å². The van der Waals surface area contributed by atoms with Crippen LogP contribution >= 0.6 is 11.6 Å². The number of anilines is 1. The fourth-order valence-corrected chi connectivity index (χ4v) is 2.05. The van der Waals surface area contributed by atoms with Crippen molar-refractivity contribution in [2.75, 3.05) is 11.9 Å². The summed E-state index contributed by atoms with van der Waals surface area (Å²) in [6.45, 7) is 1.54. The van der Waals surface area contributed by atoms with E-state index in [0.717, 1.165) is 0 Å². The van der Waals surface area contributed by atoms with Gasteiger partial charge in [-0.05, 0) is 29.8 Å². The topological polar surface area (TPSA) is 58.6 Å². The van der Waals surface area contributed by atoms with Crippen LogP contribution in [0.15, 0.2) is 48.5 Å². The average Bonchev–Trinajstić information content (AvgIpc) is 2.44. The maximum absolute atomic E-state index is 11.0. The summed E-state index contributed by atoms with van der Waals surface area (Å²) in [4.78, 5) is 11.0. The van der Waals surface area contributed by atoms with E-state index in [1.165, 1.54) is 6.92 Å². The van der Waals surface area contributed by atoms with E-state index in [0.29, 0.717) is 22.0 Å². The van der Waals surface area contributed by atoms with Crippen LogP contribution in [0.3, 0.4) is 0 Å². The minimum absolute atomic E-state index is 0.101. The van der Waals surface area contributed by atoms with Gasteiger partial charge in [0.05, 0.1) is 0 Å². The Kier molecular flexibility index (Phi) is 5.20. The summed E-state index contributed by atoms with van der Waals surface area (Å²) in [6.07, 6.45) is -0.770. The van der Waals surface area contributed by atoms with Gasteiger partial charge in [-0.25, -0.2) is 0 Å². The molecule has 5 heteroatoms. The normalized spacial score (nSPS) is 11.8. The summed E-state index contributed by atoms with van der Waals surface area (Å²) in [7, 11) is 0. The minimum atomic E-state index is -0.770. The minimum Gasteiger partial charge on any atom is -0.490 e. The number of amides is 1. The van der Waals surface area contributed by atoms with Crippen LogP contribution in [-0.2, 0) is 4.79 Å². The number of ether oxygens (including phenoxy) is 1. The molecule has 0 saturated heterocycles. The molecular formula is C16H16ClNO3. The van der Waals surface area contributed by atoms with Crippen LogP contribution in [0.5, 0.6) is 5.75 Å². The molecule has 2 aromatic carbocycles. The highest BCUT2D eigenvalue weighted by molar-refractivity contribution is 6.30. The van der Waals surface area contributed by atoms with Gasteiger partial charge in [-0.15, -0.1) is 0 Å². The Labute approximate surface area is 128 Å². The van der Waals surface area contributed by atoms with E-state index in [1.54, 1.807) is 48.5 Å². The van der Waals surface area contributed by atoms with Crippen molar-refractivity contribution in [2.24, 2.45) is 0 Å². The summed E-state index contributed by atoms with van der Waals surface area (Å²) in [5.74, 6) is 0.424. The summed E-state index contributed by atoms with van der Waals surface area (Å²) >= 11 is 5.88. The first-order valence-corrected chi connectivity index (χ1v) is 6.86. The fraction of sp³-hybridized carbons (Fsp3) is 0.188. The molecule has 21 heavy (non-hydrogen) atoms. The van der Waals surface area contributed by atoms with Crippen molar-refractivity contribution in [1.29, 1.82) is 0 Å². The molecule has 2 rings (SSSR count). The van der Waals surface area contributed by atoms with Crippen LogP contribution in [0, 0.1) is 0 Å². The molecule has 0 aliphatic carbocycles. The Hall–Kier alpha value is -2.04. The van der Waals surface area contributed by atoms with Gasteiger partial charge < -0.3 is 15.2 Å². The number of aliphatic hydroxyl groups excluding tert-OH is 1. The maximum Gasteiger partial charge on any atom is 0.221 e. The molecule has 110 valence electrons. The monoisotopic (exact) mass is 305 g/mol. The number of rotatable bonds is 5. The van der Waals surface area contributed by atoms with Crippen molar-refractivity contribution in [3.05, 3.63) is 59.1 Å². The standard InChI is InChI=1S/C16H16ClNO3/c1-11(19)18-14-6-3-7-15(9-14)21-10-16(20)12-4-2-5-13(17)8-12/h2-9,16,20H,10H2,1H3,(H,18,19). The van der Waals surface area contributed by atoms with Gasteiger partial charge in [-0.3, -0.25) is 4.79 Å². The zero-order chi connectivity index (χ0) is 15.2. The second-order valence-electron chi connectivity index (χ2n) is 4.59. The molecule has 0 aliphatic heterocycles. The second kappa shape index (κ2) is 7.11. The van der Waals surface area contributed by atoms with Gasteiger partial charge in [0.15, 0.2) is 0 Å². The summed E-state index contributed by atoms with van der Waals surface area (Å²) in [6, 6.07) is 14.0. The average molecular weight is 306 g/mol. The van der Waals surface area contributed by atoms with Crippen molar-refractivity contribution in [2.45, 2.75) is 13.0 Å². The zero-order valence-corrected chi connectivity index (χ0v) is 12.3. The lowest BCUT2D eigenvalue weighted by molar-refractivity contribution is -0.114. The van der Waals surface area contributed by atoms with Gasteiger partial charge in [-0.1, -0.05) is 29.8 Å². The second-order valence-corrected chi connectivity index (χ2v) is 5.03. The highest BCUT2D eigenvalue weighted by atomic mass is 35.5. The number of hydrogen-bond acceptors (Lipinski definition) is 3. The van der Waals surface area contributed by atoms with Crippen LogP contribution in [0.25, 0.3) is 0 Å². The molecule has 1 atom stereocenters. The van der Waals surface area contributed by atoms with Crippen molar-refractivity contribution < 1.29 is 14.6 Å². The molecule has 4 nitrogen and oxygen atoms in total. The van der Waals surface area contributed by atoms with Crippen LogP contribution in [-0.4, -0.2) is 17.6 Å². The number of carbonyl (C=O) groups excluding carboxylic acids is 1. The molecule has 0 aliphatic rings. The Bertz CT molecular complexity index is 630. The largest absolute Gasteiger partial charge is 0.490 e. The molecule has 0 heterocycles. The van der Waals surface area contributed by atoms with Crippen molar-refractivity contribution in [1.82, 2.24) is 0 Å². The Balaban J connectivity index is 1.97. The maximum atomic E-state index is 11.0. The molecular weight excluding hydrogens is 290 g/mol. The predicted octanol–water partition coefficient (Wildman–Crippen LogP) is 3.41. The van der Waals surface area contributed by atoms with E-state index in [9.17, 15) is 9.90 Å². The van der Waals surface area contributed by atoms with Crippen LogP contribution < -0.4 is 10.1 Å². The highest BCUT2D eigenvalue weighted by Crippen LogP contribution is 2.21. The summed E-state index contributed by atoms with van der Waals surface area (Å²) in [5, 5.41) is 13.3. The van der Waals surface area contributed by atoms with E-state index in [1.807, 2.05) is 0 Å². The van der Waals surface area contributed by atoms with Crippen molar-refractivity contribution in [3.8, 4) is 5.75 Å². The van der Waals surface area contributed by atoms with Crippen molar-refractivity contribution >= 4 is 23.2 Å². The molecule has 1 amide bonds. The van der Waals surface area contributed by atoms with Gasteiger partial charge in [0.2, 0.25) is 5.91 Å². The number of benzene rings is 2. The van der Waals surface area contributed by atoms with Crippen LogP contribution in [0.2, 0.25) is 5.02 Å². The summed E-state index contributed by atoms with van der Waals surface area (Å²) < 4.78 is 5.54. The third kappa shape index (κ3) is 4.77. The van der Waals surface area contributed by atoms with Gasteiger partial charge in [-0.2, -0.15) is 0 Å². The molecule has 2 N–H and O–H groups in total. The number of halogens is 1. The lowest BCUT2D eigenvalue weighted by Gasteiger charge is -2.13. The van der Waals surface area contributed by atoms with Gasteiger partial charge >= 0.3 is 0 Å². The molecule has 1 unspecified atom stereocenters. The fourth-order valence-electron chi connectivity index (χ4n) is 1.85. The number of aliphatic hydroxyl groups is 1. The van der Waals surface area contributed by atoms with E-state index in [2.05, 4.69) is 5.32 Å². The SMILES string of the molecule is CC(=O)Nc1cccc(OCC(O)c2cccc(Cl)c2)c1. The Morgan fingerprint density at radius 3 is 2.76 bits per heavy atom. The van der Waals surface area contributed by atoms with Crippen LogP contribution in [0.4, 0.5) is 5.69 Å². The molecule has 2 aromatic rings. The first kappa shape index (κ1) is 15.4. The molecule has 0 aromatic heterocycles. The van der Waals surface area contributed by atoms with E-state index < -0.39 is 6.10 Å². The third-order valence-corrected chi connectivity index (χ3v) is 3.03.